The van der Waals surface area contributed by atoms with Crippen molar-refractivity contribution >= 4 is 17.7 Å². The van der Waals surface area contributed by atoms with Crippen molar-refractivity contribution in [2.24, 2.45) is 11.7 Å². The average Bonchev–Trinajstić information content (AvgIpc) is 2.90. The van der Waals surface area contributed by atoms with Crippen molar-refractivity contribution in [3.8, 4) is 0 Å². The van der Waals surface area contributed by atoms with Gasteiger partial charge in [-0.2, -0.15) is 11.8 Å². The summed E-state index contributed by atoms with van der Waals surface area (Å²) >= 11 is 1.94. The van der Waals surface area contributed by atoms with Crippen LogP contribution < -0.4 is 5.73 Å². The molecule has 0 aromatic rings. The molecule has 1 amide bonds. The number of nitrogens with zero attached hydrogens (tertiary/aromatic N) is 1. The van der Waals surface area contributed by atoms with Crippen LogP contribution in [-0.2, 0) is 9.53 Å². The molecular formula is C13H26N2O2S. The quantitative estimate of drug-likeness (QED) is 0.726. The van der Waals surface area contributed by atoms with Crippen LogP contribution >= 0.6 is 11.8 Å². The summed E-state index contributed by atoms with van der Waals surface area (Å²) in [6, 6.07) is 0.408. The van der Waals surface area contributed by atoms with Crippen LogP contribution in [0.3, 0.4) is 0 Å². The molecule has 1 aliphatic rings. The van der Waals surface area contributed by atoms with Crippen LogP contribution in [0.1, 0.15) is 26.2 Å². The molecule has 5 heteroatoms. The second-order valence-electron chi connectivity index (χ2n) is 4.98. The molecule has 1 saturated heterocycles. The summed E-state index contributed by atoms with van der Waals surface area (Å²) in [5, 5.41) is 0. The van der Waals surface area contributed by atoms with Crippen LogP contribution in [-0.4, -0.2) is 55.2 Å². The first-order chi connectivity index (χ1) is 8.69. The highest BCUT2D eigenvalue weighted by molar-refractivity contribution is 7.99. The first kappa shape index (κ1) is 15.8. The monoisotopic (exact) mass is 274 g/mol. The summed E-state index contributed by atoms with van der Waals surface area (Å²) in [6.07, 6.45) is 2.62. The average molecular weight is 274 g/mol. The maximum atomic E-state index is 12.3. The van der Waals surface area contributed by atoms with E-state index in [0.29, 0.717) is 31.5 Å². The minimum Gasteiger partial charge on any atom is -0.383 e. The third kappa shape index (κ3) is 5.16. The minimum atomic E-state index is 0.264. The highest BCUT2D eigenvalue weighted by Crippen LogP contribution is 2.23. The Kier molecular flexibility index (Phi) is 7.70. The molecule has 2 unspecified atom stereocenters. The fourth-order valence-corrected chi connectivity index (χ4v) is 3.32. The molecule has 4 nitrogen and oxygen atoms in total. The van der Waals surface area contributed by atoms with Gasteiger partial charge in [-0.3, -0.25) is 4.79 Å². The predicted octanol–water partition coefficient (Wildman–Crippen LogP) is 1.34. The number of carbonyl (C=O) groups excluding carboxylic acids is 1. The minimum absolute atomic E-state index is 0.264. The zero-order valence-corrected chi connectivity index (χ0v) is 12.4. The van der Waals surface area contributed by atoms with E-state index in [1.807, 2.05) is 16.7 Å². The number of ether oxygens (including phenoxy) is 1. The van der Waals surface area contributed by atoms with Crippen molar-refractivity contribution in [3.63, 3.8) is 0 Å². The van der Waals surface area contributed by atoms with Crippen LogP contribution in [0.4, 0.5) is 0 Å². The van der Waals surface area contributed by atoms with Gasteiger partial charge in [-0.1, -0.05) is 6.92 Å². The molecule has 18 heavy (non-hydrogen) atoms. The molecule has 0 aromatic carbocycles. The highest BCUT2D eigenvalue weighted by atomic mass is 32.2. The van der Waals surface area contributed by atoms with Crippen molar-refractivity contribution < 1.29 is 9.53 Å². The number of amides is 1. The molecule has 0 saturated carbocycles. The van der Waals surface area contributed by atoms with Gasteiger partial charge < -0.3 is 15.4 Å². The Morgan fingerprint density at radius 1 is 1.61 bits per heavy atom. The standard InChI is InChI=1S/C13H26N2O2S/c1-11(9-14)3-4-13(16)15(6-7-17-2)12-5-8-18-10-12/h11-12H,3-10,14H2,1-2H3. The molecule has 0 aromatic heterocycles. The number of thioether (sulfide) groups is 1. The second-order valence-corrected chi connectivity index (χ2v) is 6.13. The van der Waals surface area contributed by atoms with Gasteiger partial charge in [0.15, 0.2) is 0 Å². The van der Waals surface area contributed by atoms with Gasteiger partial charge in [0.05, 0.1) is 6.61 Å². The van der Waals surface area contributed by atoms with E-state index in [1.54, 1.807) is 7.11 Å². The Morgan fingerprint density at radius 2 is 2.39 bits per heavy atom. The SMILES string of the molecule is COCCN(C(=O)CCC(C)CN)C1CCSC1. The lowest BCUT2D eigenvalue weighted by Crippen LogP contribution is -2.42. The van der Waals surface area contributed by atoms with E-state index in [-0.39, 0.29) is 5.91 Å². The third-order valence-corrected chi connectivity index (χ3v) is 4.60. The number of nitrogens with two attached hydrogens (primary N) is 1. The van der Waals surface area contributed by atoms with E-state index in [2.05, 4.69) is 6.92 Å². The molecule has 1 rings (SSSR count). The van der Waals surface area contributed by atoms with Gasteiger partial charge >= 0.3 is 0 Å². The Bertz CT molecular complexity index is 245. The number of rotatable bonds is 8. The summed E-state index contributed by atoms with van der Waals surface area (Å²) in [6.45, 7) is 4.10. The largest absolute Gasteiger partial charge is 0.383 e. The zero-order chi connectivity index (χ0) is 13.4. The summed E-state index contributed by atoms with van der Waals surface area (Å²) in [5.41, 5.74) is 5.59. The topological polar surface area (TPSA) is 55.6 Å². The molecule has 0 aliphatic carbocycles. The summed E-state index contributed by atoms with van der Waals surface area (Å²) in [4.78, 5) is 14.3. The van der Waals surface area contributed by atoms with Crippen molar-refractivity contribution in [1.29, 1.82) is 0 Å². The van der Waals surface area contributed by atoms with Crippen molar-refractivity contribution in [2.45, 2.75) is 32.2 Å². The van der Waals surface area contributed by atoms with Crippen LogP contribution in [0.25, 0.3) is 0 Å². The van der Waals surface area contributed by atoms with Gasteiger partial charge in [0.1, 0.15) is 0 Å². The van der Waals surface area contributed by atoms with E-state index in [1.165, 1.54) is 5.75 Å². The van der Waals surface area contributed by atoms with Crippen molar-refractivity contribution in [2.75, 3.05) is 38.3 Å². The lowest BCUT2D eigenvalue weighted by Gasteiger charge is -2.28. The van der Waals surface area contributed by atoms with Crippen LogP contribution in [0.5, 0.6) is 0 Å². The zero-order valence-electron chi connectivity index (χ0n) is 11.6. The molecule has 2 N–H and O–H groups in total. The number of carbonyl (C=O) groups is 1. The second kappa shape index (κ2) is 8.77. The summed E-state index contributed by atoms with van der Waals surface area (Å²) < 4.78 is 5.11. The molecule has 0 bridgehead atoms. The smallest absolute Gasteiger partial charge is 0.222 e. The Balaban J connectivity index is 2.44. The van der Waals surface area contributed by atoms with Gasteiger partial charge in [0.25, 0.3) is 0 Å². The van der Waals surface area contributed by atoms with E-state index in [9.17, 15) is 4.79 Å². The lowest BCUT2D eigenvalue weighted by molar-refractivity contribution is -0.134. The molecule has 1 heterocycles. The number of hydrogen-bond donors (Lipinski definition) is 1. The lowest BCUT2D eigenvalue weighted by atomic mass is 10.0. The maximum Gasteiger partial charge on any atom is 0.222 e. The first-order valence-electron chi connectivity index (χ1n) is 6.75. The number of hydrogen-bond acceptors (Lipinski definition) is 4. The molecule has 1 fully saturated rings. The third-order valence-electron chi connectivity index (χ3n) is 3.46. The predicted molar refractivity (Wildman–Crippen MR) is 76.8 cm³/mol. The number of methoxy groups -OCH3 is 1. The molecule has 2 atom stereocenters. The van der Waals surface area contributed by atoms with E-state index in [0.717, 1.165) is 25.1 Å². The van der Waals surface area contributed by atoms with Crippen molar-refractivity contribution in [1.82, 2.24) is 4.90 Å². The van der Waals surface area contributed by atoms with Crippen LogP contribution in [0.15, 0.2) is 0 Å². The van der Waals surface area contributed by atoms with Gasteiger partial charge in [0, 0.05) is 31.9 Å². The van der Waals surface area contributed by atoms with Crippen molar-refractivity contribution in [3.05, 3.63) is 0 Å². The van der Waals surface area contributed by atoms with Gasteiger partial charge in [-0.05, 0) is 31.1 Å². The van der Waals surface area contributed by atoms with E-state index in [4.69, 9.17) is 10.5 Å². The molecule has 1 aliphatic heterocycles. The van der Waals surface area contributed by atoms with E-state index >= 15 is 0 Å². The molecule has 106 valence electrons. The Morgan fingerprint density at radius 3 is 2.94 bits per heavy atom. The highest BCUT2D eigenvalue weighted by Gasteiger charge is 2.26. The van der Waals surface area contributed by atoms with Gasteiger partial charge in [0.2, 0.25) is 5.91 Å². The molecular weight excluding hydrogens is 248 g/mol. The van der Waals surface area contributed by atoms with Gasteiger partial charge in [-0.15, -0.1) is 0 Å². The van der Waals surface area contributed by atoms with Crippen LogP contribution in [0.2, 0.25) is 0 Å². The summed E-state index contributed by atoms with van der Waals surface area (Å²) in [7, 11) is 1.68. The molecule has 0 spiro atoms. The van der Waals surface area contributed by atoms with Crippen LogP contribution in [0, 0.1) is 5.92 Å². The van der Waals surface area contributed by atoms with E-state index < -0.39 is 0 Å². The Hall–Kier alpha value is -0.260. The summed E-state index contributed by atoms with van der Waals surface area (Å²) in [5.74, 6) is 2.93. The molecule has 0 radical (unpaired) electrons. The fourth-order valence-electron chi connectivity index (χ4n) is 2.10. The first-order valence-corrected chi connectivity index (χ1v) is 7.90. The van der Waals surface area contributed by atoms with Gasteiger partial charge in [-0.25, -0.2) is 0 Å². The normalized spacial score (nSPS) is 20.9. The fraction of sp³-hybridized carbons (Fsp3) is 0.923. The maximum absolute atomic E-state index is 12.3. The Labute approximate surface area is 115 Å².